The zero-order valence-corrected chi connectivity index (χ0v) is 21.8. The molecular weight excluding hydrogens is 431 g/mol. The second-order valence-corrected chi connectivity index (χ2v) is 19.5. The molecule has 5 heteroatoms. The van der Waals surface area contributed by atoms with Crippen molar-refractivity contribution in [3.8, 4) is 0 Å². The van der Waals surface area contributed by atoms with Gasteiger partial charge in [-0.05, 0) is 60.8 Å². The lowest BCUT2D eigenvalue weighted by Gasteiger charge is -2.35. The highest BCUT2D eigenvalue weighted by Crippen LogP contribution is 2.67. The first-order valence-electron chi connectivity index (χ1n) is 10.5. The average Bonchev–Trinajstić information content (AvgIpc) is 2.94. The minimum absolute atomic E-state index is 0.148. The van der Waals surface area contributed by atoms with Crippen LogP contribution in [-0.2, 0) is 16.2 Å². The number of hydrogen-bond acceptors (Lipinski definition) is 2. The molecule has 1 aliphatic rings. The zero-order chi connectivity index (χ0) is 21.4. The summed E-state index contributed by atoms with van der Waals surface area (Å²) in [5, 5.41) is 0.816. The van der Waals surface area contributed by atoms with E-state index in [9.17, 15) is 0 Å². The van der Waals surface area contributed by atoms with Crippen LogP contribution in [0.4, 0.5) is 0 Å². The van der Waals surface area contributed by atoms with Crippen molar-refractivity contribution in [1.82, 2.24) is 0 Å². The Balaban J connectivity index is 2.34. The van der Waals surface area contributed by atoms with E-state index in [0.717, 1.165) is 23.1 Å². The molecule has 0 bridgehead atoms. The summed E-state index contributed by atoms with van der Waals surface area (Å²) in [6, 6.07) is 15.2. The van der Waals surface area contributed by atoms with Crippen molar-refractivity contribution in [3.05, 3.63) is 75.8 Å². The van der Waals surface area contributed by atoms with E-state index in [1.807, 2.05) is 12.1 Å². The number of benzene rings is 2. The molecule has 1 nitrogen and oxygen atoms in total. The molecule has 0 radical (unpaired) electrons. The molecule has 2 aromatic rings. The van der Waals surface area contributed by atoms with Crippen molar-refractivity contribution < 1.29 is 4.43 Å². The standard InChI is InChI=1S/C24H32ClOPSSi/c1-7-27(28,8-2)24(20-15-11-12-16-21(20)25)22-17(3)18-13-9-10-14-19(18)23(22)26-29(4,5)6/h9-17,24H,7-8H2,1-6H3. The molecule has 0 aromatic heterocycles. The molecule has 29 heavy (non-hydrogen) atoms. The molecule has 0 spiro atoms. The number of halogens is 1. The molecular formula is C24H32ClOPSSi. The van der Waals surface area contributed by atoms with Crippen molar-refractivity contribution in [2.24, 2.45) is 0 Å². The average molecular weight is 463 g/mol. The molecule has 2 unspecified atom stereocenters. The fourth-order valence-corrected chi connectivity index (χ4v) is 8.94. The number of hydrogen-bond donors (Lipinski definition) is 0. The van der Waals surface area contributed by atoms with Gasteiger partial charge in [0.25, 0.3) is 0 Å². The topological polar surface area (TPSA) is 9.23 Å². The first-order chi connectivity index (χ1) is 13.6. The quantitative estimate of drug-likeness (QED) is 0.302. The maximum absolute atomic E-state index is 6.78. The molecule has 1 aliphatic carbocycles. The molecule has 156 valence electrons. The Bertz CT molecular complexity index is 971. The molecule has 3 rings (SSSR count). The first-order valence-corrected chi connectivity index (χ1v) is 17.5. The molecule has 0 amide bonds. The van der Waals surface area contributed by atoms with E-state index in [1.54, 1.807) is 0 Å². The molecule has 0 saturated heterocycles. The Morgan fingerprint density at radius 2 is 1.62 bits per heavy atom. The summed E-state index contributed by atoms with van der Waals surface area (Å²) < 4.78 is 6.78. The Kier molecular flexibility index (Phi) is 6.85. The van der Waals surface area contributed by atoms with E-state index in [-0.39, 0.29) is 11.6 Å². The van der Waals surface area contributed by atoms with Crippen LogP contribution in [0.3, 0.4) is 0 Å². The van der Waals surface area contributed by atoms with E-state index in [2.05, 4.69) is 76.8 Å². The van der Waals surface area contributed by atoms with E-state index in [0.29, 0.717) is 0 Å². The van der Waals surface area contributed by atoms with Crippen LogP contribution in [0.15, 0.2) is 54.1 Å². The first kappa shape index (κ1) is 22.8. The van der Waals surface area contributed by atoms with Gasteiger partial charge in [-0.3, -0.25) is 0 Å². The van der Waals surface area contributed by atoms with Gasteiger partial charge < -0.3 is 4.43 Å². The number of allylic oxidation sites excluding steroid dienone is 1. The summed E-state index contributed by atoms with van der Waals surface area (Å²) in [5.41, 5.74) is 5.26. The van der Waals surface area contributed by atoms with Crippen LogP contribution in [0.1, 0.15) is 49.0 Å². The predicted octanol–water partition coefficient (Wildman–Crippen LogP) is 8.28. The van der Waals surface area contributed by atoms with Crippen LogP contribution in [0.5, 0.6) is 0 Å². The van der Waals surface area contributed by atoms with Gasteiger partial charge in [0.2, 0.25) is 8.32 Å². The second kappa shape index (κ2) is 8.71. The summed E-state index contributed by atoms with van der Waals surface area (Å²) in [6.07, 6.45) is 2.03. The van der Waals surface area contributed by atoms with Gasteiger partial charge in [0.15, 0.2) is 0 Å². The van der Waals surface area contributed by atoms with Crippen molar-refractivity contribution >= 4 is 43.5 Å². The Morgan fingerprint density at radius 3 is 2.21 bits per heavy atom. The summed E-state index contributed by atoms with van der Waals surface area (Å²) in [4.78, 5) is 0. The van der Waals surface area contributed by atoms with E-state index in [4.69, 9.17) is 27.8 Å². The van der Waals surface area contributed by atoms with Crippen molar-refractivity contribution in [3.63, 3.8) is 0 Å². The highest BCUT2D eigenvalue weighted by Gasteiger charge is 2.41. The molecule has 0 heterocycles. The Morgan fingerprint density at radius 1 is 1.03 bits per heavy atom. The van der Waals surface area contributed by atoms with Gasteiger partial charge in [-0.15, -0.1) is 0 Å². The van der Waals surface area contributed by atoms with Crippen LogP contribution in [0.25, 0.3) is 5.76 Å². The van der Waals surface area contributed by atoms with Gasteiger partial charge in [-0.2, -0.15) is 0 Å². The second-order valence-electron chi connectivity index (χ2n) is 8.82. The number of fused-ring (bicyclic) bond motifs is 1. The molecule has 2 aromatic carbocycles. The lowest BCUT2D eigenvalue weighted by molar-refractivity contribution is 0.509. The Hall–Kier alpha value is -0.863. The normalized spacial score (nSPS) is 18.0. The summed E-state index contributed by atoms with van der Waals surface area (Å²) >= 11 is 13.2. The third kappa shape index (κ3) is 4.44. The largest absolute Gasteiger partial charge is 0.544 e. The van der Waals surface area contributed by atoms with Crippen LogP contribution >= 0.6 is 17.6 Å². The molecule has 0 aliphatic heterocycles. The van der Waals surface area contributed by atoms with E-state index < -0.39 is 14.4 Å². The van der Waals surface area contributed by atoms with E-state index in [1.165, 1.54) is 22.3 Å². The highest BCUT2D eigenvalue weighted by molar-refractivity contribution is 8.14. The zero-order valence-electron chi connectivity index (χ0n) is 18.3. The highest BCUT2D eigenvalue weighted by atomic mass is 35.5. The summed E-state index contributed by atoms with van der Waals surface area (Å²) in [5.74, 6) is 1.35. The molecule has 0 N–H and O–H groups in total. The lowest BCUT2D eigenvalue weighted by Crippen LogP contribution is -2.25. The number of rotatable bonds is 7. The Labute approximate surface area is 187 Å². The van der Waals surface area contributed by atoms with Gasteiger partial charge in [-0.1, -0.05) is 86.6 Å². The smallest absolute Gasteiger partial charge is 0.242 e. The fourth-order valence-electron chi connectivity index (χ4n) is 4.34. The minimum atomic E-state index is -1.81. The van der Waals surface area contributed by atoms with Crippen LogP contribution in [0.2, 0.25) is 24.7 Å². The van der Waals surface area contributed by atoms with Gasteiger partial charge >= 0.3 is 0 Å². The minimum Gasteiger partial charge on any atom is -0.544 e. The molecule has 0 saturated carbocycles. The van der Waals surface area contributed by atoms with Crippen molar-refractivity contribution in [1.29, 1.82) is 0 Å². The van der Waals surface area contributed by atoms with Crippen LogP contribution in [-0.4, -0.2) is 20.6 Å². The van der Waals surface area contributed by atoms with Gasteiger partial charge in [0.1, 0.15) is 5.76 Å². The predicted molar refractivity (Wildman–Crippen MR) is 136 cm³/mol. The van der Waals surface area contributed by atoms with Gasteiger partial charge in [0.05, 0.1) is 0 Å². The monoisotopic (exact) mass is 462 g/mol. The lowest BCUT2D eigenvalue weighted by atomic mass is 9.93. The maximum Gasteiger partial charge on any atom is 0.242 e. The molecule has 2 atom stereocenters. The van der Waals surface area contributed by atoms with E-state index >= 15 is 0 Å². The van der Waals surface area contributed by atoms with Crippen molar-refractivity contribution in [2.75, 3.05) is 12.3 Å². The fraction of sp³-hybridized carbons (Fsp3) is 0.417. The molecule has 0 fully saturated rings. The maximum atomic E-state index is 6.78. The van der Waals surface area contributed by atoms with Crippen molar-refractivity contribution in [2.45, 2.75) is 52.0 Å². The summed E-state index contributed by atoms with van der Waals surface area (Å²) in [6.45, 7) is 13.6. The van der Waals surface area contributed by atoms with Gasteiger partial charge in [-0.25, -0.2) is 0 Å². The van der Waals surface area contributed by atoms with Crippen LogP contribution < -0.4 is 0 Å². The van der Waals surface area contributed by atoms with Crippen LogP contribution in [0, 0.1) is 0 Å². The third-order valence-corrected chi connectivity index (χ3v) is 12.8. The SMILES string of the molecule is CCP(=S)(CC)C(C1=C(O[Si](C)(C)C)c2ccccc2C1C)c1ccccc1Cl. The summed E-state index contributed by atoms with van der Waals surface area (Å²) in [7, 11) is -1.81. The van der Waals surface area contributed by atoms with Gasteiger partial charge in [0, 0.05) is 22.2 Å². The third-order valence-electron chi connectivity index (χ3n) is 5.84.